The average Bonchev–Trinajstić information content (AvgIpc) is 2.28. The lowest BCUT2D eigenvalue weighted by Crippen LogP contribution is -2.00. The van der Waals surface area contributed by atoms with Gasteiger partial charge in [0.15, 0.2) is 0 Å². The zero-order valence-electron chi connectivity index (χ0n) is 9.30. The van der Waals surface area contributed by atoms with E-state index in [-0.39, 0.29) is 11.5 Å². The molecule has 0 saturated heterocycles. The Morgan fingerprint density at radius 3 is 2.71 bits per heavy atom. The van der Waals surface area contributed by atoms with Crippen LogP contribution >= 0.6 is 11.6 Å². The van der Waals surface area contributed by atoms with Gasteiger partial charge in [-0.05, 0) is 36.8 Å². The maximum Gasteiger partial charge on any atom is 0.148 e. The van der Waals surface area contributed by atoms with Crippen LogP contribution in [0, 0.1) is 12.7 Å². The lowest BCUT2D eigenvalue weighted by molar-refractivity contribution is 0.632. The van der Waals surface area contributed by atoms with Crippen molar-refractivity contribution in [2.24, 2.45) is 0 Å². The van der Waals surface area contributed by atoms with E-state index >= 15 is 0 Å². The van der Waals surface area contributed by atoms with Crippen LogP contribution in [0.4, 0.5) is 21.5 Å². The molecule has 0 atom stereocenters. The minimum absolute atomic E-state index is 0.276. The molecule has 2 rings (SSSR count). The number of anilines is 3. The number of aryl methyl sites for hydroxylation is 1. The van der Waals surface area contributed by atoms with Crippen molar-refractivity contribution in [1.82, 2.24) is 0 Å². The summed E-state index contributed by atoms with van der Waals surface area (Å²) in [5.41, 5.74) is 8.08. The number of halogens is 2. The molecule has 0 aliphatic rings. The Hall–Kier alpha value is -1.74. The number of rotatable bonds is 2. The van der Waals surface area contributed by atoms with Crippen molar-refractivity contribution in [2.75, 3.05) is 11.1 Å². The molecule has 0 amide bonds. The molecule has 0 heterocycles. The van der Waals surface area contributed by atoms with Crippen LogP contribution < -0.4 is 11.1 Å². The second-order valence-corrected chi connectivity index (χ2v) is 4.22. The summed E-state index contributed by atoms with van der Waals surface area (Å²) in [6, 6.07) is 9.96. The van der Waals surface area contributed by atoms with Gasteiger partial charge in [0.25, 0.3) is 0 Å². The number of nitrogen functional groups attached to an aromatic ring is 1. The van der Waals surface area contributed by atoms with E-state index in [9.17, 15) is 4.39 Å². The van der Waals surface area contributed by atoms with Crippen molar-refractivity contribution < 1.29 is 4.39 Å². The molecule has 3 N–H and O–H groups in total. The Labute approximate surface area is 104 Å². The highest BCUT2D eigenvalue weighted by molar-refractivity contribution is 6.30. The second-order valence-electron chi connectivity index (χ2n) is 3.79. The number of nitrogens with two attached hydrogens (primary N) is 1. The molecule has 2 aromatic carbocycles. The summed E-state index contributed by atoms with van der Waals surface area (Å²) in [7, 11) is 0. The number of benzene rings is 2. The number of para-hydroxylation sites is 1. The van der Waals surface area contributed by atoms with Gasteiger partial charge in [-0.25, -0.2) is 4.39 Å². The van der Waals surface area contributed by atoms with Crippen molar-refractivity contribution in [1.29, 1.82) is 0 Å². The molecule has 17 heavy (non-hydrogen) atoms. The highest BCUT2D eigenvalue weighted by Crippen LogP contribution is 2.29. The summed E-state index contributed by atoms with van der Waals surface area (Å²) in [6.45, 7) is 1.91. The van der Waals surface area contributed by atoms with E-state index < -0.39 is 0 Å². The first-order valence-electron chi connectivity index (χ1n) is 5.15. The molecule has 0 fully saturated rings. The van der Waals surface area contributed by atoms with Crippen molar-refractivity contribution in [3.63, 3.8) is 0 Å². The first-order chi connectivity index (χ1) is 8.08. The zero-order valence-corrected chi connectivity index (χ0v) is 10.1. The quantitative estimate of drug-likeness (QED) is 0.787. The van der Waals surface area contributed by atoms with Crippen LogP contribution in [0.3, 0.4) is 0 Å². The van der Waals surface area contributed by atoms with Crippen molar-refractivity contribution in [2.45, 2.75) is 6.92 Å². The van der Waals surface area contributed by atoms with E-state index in [2.05, 4.69) is 5.32 Å². The van der Waals surface area contributed by atoms with Gasteiger partial charge in [0.05, 0.1) is 11.4 Å². The lowest BCUT2D eigenvalue weighted by atomic mass is 10.2. The van der Waals surface area contributed by atoms with Crippen LogP contribution in [0.25, 0.3) is 0 Å². The summed E-state index contributed by atoms with van der Waals surface area (Å²) in [4.78, 5) is 0. The van der Waals surface area contributed by atoms with Gasteiger partial charge in [-0.1, -0.05) is 23.7 Å². The van der Waals surface area contributed by atoms with E-state index in [0.717, 1.165) is 11.3 Å². The number of hydrogen-bond donors (Lipinski definition) is 2. The van der Waals surface area contributed by atoms with Gasteiger partial charge in [-0.15, -0.1) is 0 Å². The molecule has 88 valence electrons. The Morgan fingerprint density at radius 2 is 2.00 bits per heavy atom. The van der Waals surface area contributed by atoms with E-state index in [1.165, 1.54) is 6.07 Å². The predicted octanol–water partition coefficient (Wildman–Crippen LogP) is 4.11. The third-order valence-corrected chi connectivity index (χ3v) is 2.74. The molecule has 0 spiro atoms. The summed E-state index contributed by atoms with van der Waals surface area (Å²) < 4.78 is 13.6. The first kappa shape index (κ1) is 11.7. The maximum absolute atomic E-state index is 13.6. The van der Waals surface area contributed by atoms with Gasteiger partial charge in [-0.3, -0.25) is 0 Å². The molecule has 2 aromatic rings. The van der Waals surface area contributed by atoms with E-state index in [0.29, 0.717) is 10.7 Å². The molecule has 0 aliphatic heterocycles. The standard InChI is InChI=1S/C13H12ClFN2/c1-8-5-6-9(14)7-12(8)17-13-10(15)3-2-4-11(13)16/h2-7,17H,16H2,1H3. The van der Waals surface area contributed by atoms with E-state index in [1.54, 1.807) is 24.3 Å². The molecule has 0 saturated carbocycles. The van der Waals surface area contributed by atoms with Gasteiger partial charge in [0, 0.05) is 10.7 Å². The third kappa shape index (κ3) is 2.50. The largest absolute Gasteiger partial charge is 0.397 e. The van der Waals surface area contributed by atoms with Gasteiger partial charge in [0.2, 0.25) is 0 Å². The van der Waals surface area contributed by atoms with Crippen LogP contribution in [-0.4, -0.2) is 0 Å². The normalized spacial score (nSPS) is 10.3. The SMILES string of the molecule is Cc1ccc(Cl)cc1Nc1c(N)cccc1F. The van der Waals surface area contributed by atoms with Crippen LogP contribution in [0.2, 0.25) is 5.02 Å². The highest BCUT2D eigenvalue weighted by Gasteiger charge is 2.07. The Kier molecular flexibility index (Phi) is 3.20. The van der Waals surface area contributed by atoms with Gasteiger partial charge in [-0.2, -0.15) is 0 Å². The molecule has 0 radical (unpaired) electrons. The summed E-state index contributed by atoms with van der Waals surface area (Å²) in [5.74, 6) is -0.385. The fourth-order valence-corrected chi connectivity index (χ4v) is 1.71. The minimum Gasteiger partial charge on any atom is -0.397 e. The third-order valence-electron chi connectivity index (χ3n) is 2.51. The number of hydrogen-bond acceptors (Lipinski definition) is 2. The molecule has 2 nitrogen and oxygen atoms in total. The topological polar surface area (TPSA) is 38.0 Å². The lowest BCUT2D eigenvalue weighted by Gasteiger charge is -2.12. The van der Waals surface area contributed by atoms with Crippen LogP contribution in [-0.2, 0) is 0 Å². The minimum atomic E-state index is -0.385. The zero-order chi connectivity index (χ0) is 12.4. The predicted molar refractivity (Wildman–Crippen MR) is 70.3 cm³/mol. The van der Waals surface area contributed by atoms with Crippen LogP contribution in [0.15, 0.2) is 36.4 Å². The summed E-state index contributed by atoms with van der Waals surface area (Å²) >= 11 is 5.90. The molecule has 4 heteroatoms. The van der Waals surface area contributed by atoms with Crippen LogP contribution in [0.1, 0.15) is 5.56 Å². The molecule has 0 unspecified atom stereocenters. The van der Waals surface area contributed by atoms with Crippen molar-refractivity contribution in [3.8, 4) is 0 Å². The smallest absolute Gasteiger partial charge is 0.148 e. The maximum atomic E-state index is 13.6. The Balaban J connectivity index is 2.41. The molecular weight excluding hydrogens is 239 g/mol. The van der Waals surface area contributed by atoms with Gasteiger partial charge >= 0.3 is 0 Å². The molecule has 0 aromatic heterocycles. The second kappa shape index (κ2) is 4.63. The fourth-order valence-electron chi connectivity index (χ4n) is 1.54. The van der Waals surface area contributed by atoms with E-state index in [4.69, 9.17) is 17.3 Å². The van der Waals surface area contributed by atoms with Gasteiger partial charge < -0.3 is 11.1 Å². The fraction of sp³-hybridized carbons (Fsp3) is 0.0769. The summed E-state index contributed by atoms with van der Waals surface area (Å²) in [5, 5.41) is 3.56. The van der Waals surface area contributed by atoms with Crippen molar-refractivity contribution in [3.05, 3.63) is 52.8 Å². The molecule has 0 aliphatic carbocycles. The monoisotopic (exact) mass is 250 g/mol. The Bertz CT molecular complexity index is 535. The first-order valence-corrected chi connectivity index (χ1v) is 5.53. The van der Waals surface area contributed by atoms with Crippen LogP contribution in [0.5, 0.6) is 0 Å². The number of nitrogens with one attached hydrogen (secondary N) is 1. The molecular formula is C13H12ClFN2. The van der Waals surface area contributed by atoms with Gasteiger partial charge in [0.1, 0.15) is 5.82 Å². The van der Waals surface area contributed by atoms with Crippen molar-refractivity contribution >= 4 is 28.7 Å². The van der Waals surface area contributed by atoms with E-state index in [1.807, 2.05) is 13.0 Å². The molecule has 0 bridgehead atoms. The highest BCUT2D eigenvalue weighted by atomic mass is 35.5. The summed E-state index contributed by atoms with van der Waals surface area (Å²) in [6.07, 6.45) is 0. The average molecular weight is 251 g/mol. The Morgan fingerprint density at radius 1 is 1.24 bits per heavy atom.